The summed E-state index contributed by atoms with van der Waals surface area (Å²) in [6.07, 6.45) is 2.92. The summed E-state index contributed by atoms with van der Waals surface area (Å²) in [7, 11) is 0. The van der Waals surface area contributed by atoms with Crippen molar-refractivity contribution in [2.24, 2.45) is 0 Å². The van der Waals surface area contributed by atoms with Crippen LogP contribution in [0.2, 0.25) is 0 Å². The summed E-state index contributed by atoms with van der Waals surface area (Å²) in [6, 6.07) is 12.0. The lowest BCUT2D eigenvalue weighted by Crippen LogP contribution is -2.03. The van der Waals surface area contributed by atoms with Gasteiger partial charge >= 0.3 is 0 Å². The third-order valence-corrected chi connectivity index (χ3v) is 5.04. The molecule has 1 aliphatic rings. The lowest BCUT2D eigenvalue weighted by molar-refractivity contribution is 0.393. The minimum Gasteiger partial charge on any atom is -0.433 e. The number of H-pyrrole nitrogens is 1. The first kappa shape index (κ1) is 19.8. The molecule has 6 nitrogen and oxygen atoms in total. The molecule has 0 bridgehead atoms. The maximum Gasteiger partial charge on any atom is 0.261 e. The van der Waals surface area contributed by atoms with Gasteiger partial charge in [-0.1, -0.05) is 42.0 Å². The zero-order chi connectivity index (χ0) is 22.2. The van der Waals surface area contributed by atoms with Gasteiger partial charge in [0.25, 0.3) is 5.88 Å². The van der Waals surface area contributed by atoms with E-state index in [9.17, 15) is 13.2 Å². The molecule has 0 radical (unpaired) electrons. The second-order valence-electron chi connectivity index (χ2n) is 7.33. The van der Waals surface area contributed by atoms with Crippen LogP contribution in [0.4, 0.5) is 24.8 Å². The number of aromatic amines is 1. The first-order chi connectivity index (χ1) is 15.5. The Balaban J connectivity index is 1.41. The Bertz CT molecular complexity index is 1350. The second-order valence-corrected chi connectivity index (χ2v) is 7.33. The third-order valence-electron chi connectivity index (χ3n) is 5.04. The number of anilines is 2. The Morgan fingerprint density at radius 2 is 1.84 bits per heavy atom. The van der Waals surface area contributed by atoms with Crippen molar-refractivity contribution in [2.45, 2.75) is 13.3 Å². The first-order valence-electron chi connectivity index (χ1n) is 9.74. The summed E-state index contributed by atoms with van der Waals surface area (Å²) >= 11 is 0. The third kappa shape index (κ3) is 3.58. The molecule has 160 valence electrons. The molecule has 2 aromatic carbocycles. The maximum absolute atomic E-state index is 15.0. The molecule has 0 spiro atoms. The van der Waals surface area contributed by atoms with E-state index in [1.807, 2.05) is 30.3 Å². The molecule has 0 unspecified atom stereocenters. The Hall–Kier alpha value is -4.14. The van der Waals surface area contributed by atoms with Gasteiger partial charge in [0.15, 0.2) is 23.2 Å². The Morgan fingerprint density at radius 3 is 2.66 bits per heavy atom. The predicted molar refractivity (Wildman–Crippen MR) is 113 cm³/mol. The van der Waals surface area contributed by atoms with E-state index in [1.54, 1.807) is 19.1 Å². The highest BCUT2D eigenvalue weighted by atomic mass is 19.1. The highest BCUT2D eigenvalue weighted by Crippen LogP contribution is 2.37. The number of halogens is 3. The zero-order valence-corrected chi connectivity index (χ0v) is 16.8. The van der Waals surface area contributed by atoms with Gasteiger partial charge < -0.3 is 10.1 Å². The van der Waals surface area contributed by atoms with Crippen LogP contribution in [0.1, 0.15) is 18.1 Å². The number of fused-ring (bicyclic) bond motifs is 1. The molecule has 1 aliphatic carbocycles. The van der Waals surface area contributed by atoms with Crippen LogP contribution in [-0.4, -0.2) is 20.2 Å². The lowest BCUT2D eigenvalue weighted by atomic mass is 10.1. The van der Waals surface area contributed by atoms with Gasteiger partial charge in [0.1, 0.15) is 12.1 Å². The first-order valence-corrected chi connectivity index (χ1v) is 9.74. The lowest BCUT2D eigenvalue weighted by Gasteiger charge is -2.11. The van der Waals surface area contributed by atoms with Gasteiger partial charge in [-0.3, -0.25) is 5.10 Å². The molecule has 0 fully saturated rings. The number of hydrogen-bond donors (Lipinski definition) is 2. The van der Waals surface area contributed by atoms with Crippen molar-refractivity contribution in [3.05, 3.63) is 82.9 Å². The molecule has 32 heavy (non-hydrogen) atoms. The van der Waals surface area contributed by atoms with Gasteiger partial charge in [0, 0.05) is 23.3 Å². The Morgan fingerprint density at radius 1 is 1.03 bits per heavy atom. The minimum absolute atomic E-state index is 0.107. The highest BCUT2D eigenvalue weighted by molar-refractivity contribution is 5.67. The van der Waals surface area contributed by atoms with Crippen LogP contribution in [-0.2, 0) is 6.42 Å². The molecule has 0 amide bonds. The van der Waals surface area contributed by atoms with E-state index in [4.69, 9.17) is 4.74 Å². The highest BCUT2D eigenvalue weighted by Gasteiger charge is 2.24. The second kappa shape index (κ2) is 7.84. The molecule has 0 saturated heterocycles. The van der Waals surface area contributed by atoms with E-state index in [0.717, 1.165) is 29.2 Å². The normalized spacial score (nSPS) is 12.4. The van der Waals surface area contributed by atoms with Crippen molar-refractivity contribution in [3.8, 4) is 22.9 Å². The number of nitrogens with one attached hydrogen (secondary N) is 2. The quantitative estimate of drug-likeness (QED) is 0.416. The zero-order valence-electron chi connectivity index (χ0n) is 16.8. The molecular formula is C23H16F3N5O. The smallest absolute Gasteiger partial charge is 0.261 e. The Kier molecular flexibility index (Phi) is 4.85. The number of aromatic nitrogens is 4. The molecule has 2 N–H and O–H groups in total. The average Bonchev–Trinajstić information content (AvgIpc) is 3.42. The Labute approximate surface area is 180 Å². The fraction of sp³-hybridized carbons (Fsp3) is 0.0870. The van der Waals surface area contributed by atoms with Crippen molar-refractivity contribution in [1.82, 2.24) is 20.2 Å². The van der Waals surface area contributed by atoms with E-state index in [1.165, 1.54) is 0 Å². The van der Waals surface area contributed by atoms with Crippen molar-refractivity contribution in [2.75, 3.05) is 5.32 Å². The van der Waals surface area contributed by atoms with Gasteiger partial charge in [0.2, 0.25) is 5.82 Å². The van der Waals surface area contributed by atoms with E-state index in [-0.39, 0.29) is 16.9 Å². The fourth-order valence-electron chi connectivity index (χ4n) is 3.53. The molecule has 0 atom stereocenters. The van der Waals surface area contributed by atoms with Crippen molar-refractivity contribution in [1.29, 1.82) is 0 Å². The van der Waals surface area contributed by atoms with Crippen LogP contribution in [0.15, 0.2) is 54.4 Å². The summed E-state index contributed by atoms with van der Waals surface area (Å²) in [4.78, 5) is 7.58. The summed E-state index contributed by atoms with van der Waals surface area (Å²) < 4.78 is 49.5. The van der Waals surface area contributed by atoms with Gasteiger partial charge in [-0.15, -0.1) is 0 Å². The summed E-state index contributed by atoms with van der Waals surface area (Å²) in [5, 5.41) is 9.68. The summed E-state index contributed by atoms with van der Waals surface area (Å²) in [5.41, 5.74) is 2.81. The van der Waals surface area contributed by atoms with E-state index in [0.29, 0.717) is 12.2 Å². The number of allylic oxidation sites excluding steroid dienone is 1. The van der Waals surface area contributed by atoms with E-state index < -0.39 is 29.1 Å². The molecular weight excluding hydrogens is 419 g/mol. The van der Waals surface area contributed by atoms with Gasteiger partial charge in [0.05, 0.1) is 5.69 Å². The molecule has 2 aromatic heterocycles. The summed E-state index contributed by atoms with van der Waals surface area (Å²) in [6.45, 7) is 1.78. The van der Waals surface area contributed by atoms with Gasteiger partial charge in [-0.25, -0.2) is 13.8 Å². The number of hydrogen-bond acceptors (Lipinski definition) is 5. The predicted octanol–water partition coefficient (Wildman–Crippen LogP) is 5.78. The molecule has 2 heterocycles. The molecule has 9 heteroatoms. The topological polar surface area (TPSA) is 75.7 Å². The van der Waals surface area contributed by atoms with Gasteiger partial charge in [-0.05, 0) is 18.9 Å². The van der Waals surface area contributed by atoms with Crippen LogP contribution in [0.5, 0.6) is 11.6 Å². The van der Waals surface area contributed by atoms with E-state index in [2.05, 4.69) is 25.5 Å². The van der Waals surface area contributed by atoms with Crippen LogP contribution >= 0.6 is 0 Å². The summed E-state index contributed by atoms with van der Waals surface area (Å²) in [5.74, 6) is -3.28. The average molecular weight is 435 g/mol. The molecule has 0 saturated carbocycles. The largest absolute Gasteiger partial charge is 0.433 e. The number of ether oxygens (including phenoxy) is 1. The van der Waals surface area contributed by atoms with Crippen molar-refractivity contribution < 1.29 is 17.9 Å². The number of benzene rings is 2. The van der Waals surface area contributed by atoms with Gasteiger partial charge in [-0.2, -0.15) is 14.5 Å². The fourth-order valence-corrected chi connectivity index (χ4v) is 3.53. The molecule has 4 aromatic rings. The molecule has 0 aliphatic heterocycles. The van der Waals surface area contributed by atoms with E-state index >= 15 is 0 Å². The molecule has 5 rings (SSSR count). The minimum atomic E-state index is -0.969. The van der Waals surface area contributed by atoms with Crippen LogP contribution < -0.4 is 10.1 Å². The van der Waals surface area contributed by atoms with Crippen LogP contribution in [0.3, 0.4) is 0 Å². The van der Waals surface area contributed by atoms with Crippen LogP contribution in [0, 0.1) is 17.5 Å². The maximum atomic E-state index is 15.0. The monoisotopic (exact) mass is 435 g/mol. The van der Waals surface area contributed by atoms with Crippen molar-refractivity contribution >= 4 is 17.7 Å². The van der Waals surface area contributed by atoms with Crippen molar-refractivity contribution in [3.63, 3.8) is 0 Å². The van der Waals surface area contributed by atoms with Crippen LogP contribution in [0.25, 0.3) is 17.3 Å². The SMILES string of the molecule is CC1=Cc2c(F)c(Oc3ncnc(Nc4cc(-c5ccccc5)[nH]n4)c3F)cc(F)c2C1. The number of rotatable bonds is 5. The number of nitrogens with zero attached hydrogens (tertiary/aromatic N) is 3. The standard InChI is InChI=1S/C23H16F3N5O/c1-12-7-14-15(8-12)20(25)18(9-16(14)24)32-23-21(26)22(27-11-28-23)29-19-10-17(30-31-19)13-5-3-2-4-6-13/h2-6,8-11H,7H2,1H3,(H2,27,28,29,30,31).